The number of furan rings is 1. The minimum atomic E-state index is -0.155. The third-order valence-electron chi connectivity index (χ3n) is 6.17. The van der Waals surface area contributed by atoms with Crippen LogP contribution in [0.4, 0.5) is 5.82 Å². The second-order valence-corrected chi connectivity index (χ2v) is 8.28. The molecule has 5 rings (SSSR count). The lowest BCUT2D eigenvalue weighted by atomic mass is 9.93. The molecule has 1 N–H and O–H groups in total. The quantitative estimate of drug-likeness (QED) is 0.466. The molecule has 1 aliphatic heterocycles. The number of piperidine rings is 1. The van der Waals surface area contributed by atoms with Crippen molar-refractivity contribution in [3.8, 4) is 11.5 Å². The number of benzene rings is 2. The average molecular weight is 439 g/mol. The molecule has 2 aromatic carbocycles. The number of carbonyl (C=O) groups is 1. The van der Waals surface area contributed by atoms with Gasteiger partial charge in [0, 0.05) is 19.0 Å². The first kappa shape index (κ1) is 20.9. The van der Waals surface area contributed by atoms with Gasteiger partial charge in [0.2, 0.25) is 5.91 Å². The van der Waals surface area contributed by atoms with Crippen LogP contribution in [0.5, 0.6) is 0 Å². The van der Waals surface area contributed by atoms with E-state index in [0.717, 1.165) is 42.9 Å². The summed E-state index contributed by atoms with van der Waals surface area (Å²) < 4.78 is 5.38. The highest BCUT2D eigenvalue weighted by atomic mass is 16.3. The summed E-state index contributed by atoms with van der Waals surface area (Å²) in [6.07, 6.45) is 3.19. The largest absolute Gasteiger partial charge is 0.463 e. The molecule has 0 spiro atoms. The predicted molar refractivity (Wildman–Crippen MR) is 128 cm³/mol. The van der Waals surface area contributed by atoms with Crippen molar-refractivity contribution in [3.05, 3.63) is 102 Å². The highest BCUT2D eigenvalue weighted by Crippen LogP contribution is 2.26. The number of carbonyl (C=O) groups excluding carboxylic acids is 1. The Kier molecular flexibility index (Phi) is 6.15. The lowest BCUT2D eigenvalue weighted by molar-refractivity contribution is -0.126. The van der Waals surface area contributed by atoms with Crippen LogP contribution in [0.1, 0.15) is 30.0 Å². The Morgan fingerprint density at radius 2 is 1.52 bits per heavy atom. The molecule has 1 amide bonds. The fourth-order valence-electron chi connectivity index (χ4n) is 4.33. The number of nitrogens with one attached hydrogen (secondary N) is 1. The first-order chi connectivity index (χ1) is 16.3. The smallest absolute Gasteiger partial charge is 0.223 e. The van der Waals surface area contributed by atoms with Gasteiger partial charge in [-0.25, -0.2) is 0 Å². The van der Waals surface area contributed by atoms with Gasteiger partial charge in [0.05, 0.1) is 12.3 Å². The Morgan fingerprint density at radius 3 is 2.06 bits per heavy atom. The fourth-order valence-corrected chi connectivity index (χ4v) is 4.33. The number of amides is 1. The first-order valence-electron chi connectivity index (χ1n) is 11.3. The second-order valence-electron chi connectivity index (χ2n) is 8.28. The van der Waals surface area contributed by atoms with E-state index < -0.39 is 0 Å². The standard InChI is InChI=1S/C27H26N4O2/c32-27(28-26(20-8-3-1-4-9-20)21-10-5-2-6-11-21)22-15-17-31(18-16-22)25-14-13-23(29-30-25)24-12-7-19-33-24/h1-14,19,22,26H,15-18H2,(H,28,32). The SMILES string of the molecule is O=C(NC(c1ccccc1)c1ccccc1)C1CCN(c2ccc(-c3ccco3)nn2)CC1. The summed E-state index contributed by atoms with van der Waals surface area (Å²) in [5.74, 6) is 1.62. The third kappa shape index (κ3) is 4.80. The minimum absolute atomic E-state index is 0.0217. The van der Waals surface area contributed by atoms with Crippen LogP contribution in [0.2, 0.25) is 0 Å². The van der Waals surface area contributed by atoms with Gasteiger partial charge in [-0.05, 0) is 48.2 Å². The minimum Gasteiger partial charge on any atom is -0.463 e. The van der Waals surface area contributed by atoms with E-state index in [-0.39, 0.29) is 17.9 Å². The molecular weight excluding hydrogens is 412 g/mol. The van der Waals surface area contributed by atoms with Crippen LogP contribution in [-0.4, -0.2) is 29.2 Å². The number of aromatic nitrogens is 2. The molecule has 3 heterocycles. The van der Waals surface area contributed by atoms with Crippen molar-refractivity contribution in [2.45, 2.75) is 18.9 Å². The molecule has 1 aliphatic rings. The van der Waals surface area contributed by atoms with Crippen LogP contribution >= 0.6 is 0 Å². The molecule has 0 aliphatic carbocycles. The Balaban J connectivity index is 1.22. The summed E-state index contributed by atoms with van der Waals surface area (Å²) in [5.41, 5.74) is 2.88. The van der Waals surface area contributed by atoms with Crippen molar-refractivity contribution >= 4 is 11.7 Å². The molecule has 0 saturated carbocycles. The van der Waals surface area contributed by atoms with Gasteiger partial charge in [0.25, 0.3) is 0 Å². The number of hydrogen-bond acceptors (Lipinski definition) is 5. The van der Waals surface area contributed by atoms with Crippen LogP contribution in [0.3, 0.4) is 0 Å². The van der Waals surface area contributed by atoms with Crippen LogP contribution < -0.4 is 10.2 Å². The molecule has 4 aromatic rings. The Bertz CT molecular complexity index is 1110. The summed E-state index contributed by atoms with van der Waals surface area (Å²) in [7, 11) is 0. The summed E-state index contributed by atoms with van der Waals surface area (Å²) in [5, 5.41) is 12.0. The van der Waals surface area contributed by atoms with Crippen molar-refractivity contribution < 1.29 is 9.21 Å². The zero-order chi connectivity index (χ0) is 22.5. The Hall–Kier alpha value is -3.93. The average Bonchev–Trinajstić information content (AvgIpc) is 3.44. The van der Waals surface area contributed by atoms with E-state index in [9.17, 15) is 4.79 Å². The molecule has 0 bridgehead atoms. The maximum Gasteiger partial charge on any atom is 0.223 e. The highest BCUT2D eigenvalue weighted by molar-refractivity contribution is 5.80. The van der Waals surface area contributed by atoms with Gasteiger partial charge in [-0.3, -0.25) is 4.79 Å². The van der Waals surface area contributed by atoms with Gasteiger partial charge in [-0.1, -0.05) is 60.7 Å². The maximum atomic E-state index is 13.2. The van der Waals surface area contributed by atoms with Gasteiger partial charge in [-0.15, -0.1) is 10.2 Å². The Labute approximate surface area is 193 Å². The molecule has 0 radical (unpaired) electrons. The van der Waals surface area contributed by atoms with Gasteiger partial charge in [0.1, 0.15) is 5.69 Å². The van der Waals surface area contributed by atoms with Crippen molar-refractivity contribution in [3.63, 3.8) is 0 Å². The van der Waals surface area contributed by atoms with E-state index in [1.165, 1.54) is 0 Å². The molecule has 1 fully saturated rings. The van der Waals surface area contributed by atoms with Crippen molar-refractivity contribution in [1.82, 2.24) is 15.5 Å². The normalized spacial score (nSPS) is 14.4. The lowest BCUT2D eigenvalue weighted by Crippen LogP contribution is -2.42. The summed E-state index contributed by atoms with van der Waals surface area (Å²) in [6.45, 7) is 1.54. The van der Waals surface area contributed by atoms with Crippen LogP contribution in [0, 0.1) is 5.92 Å². The summed E-state index contributed by atoms with van der Waals surface area (Å²) in [6, 6.07) is 27.7. The molecular formula is C27H26N4O2. The van der Waals surface area contributed by atoms with E-state index >= 15 is 0 Å². The van der Waals surface area contributed by atoms with E-state index in [1.54, 1.807) is 6.26 Å². The molecule has 6 heteroatoms. The number of nitrogens with zero attached hydrogens (tertiary/aromatic N) is 3. The van der Waals surface area contributed by atoms with Crippen molar-refractivity contribution in [1.29, 1.82) is 0 Å². The third-order valence-corrected chi connectivity index (χ3v) is 6.17. The molecule has 2 aromatic heterocycles. The summed E-state index contributed by atoms with van der Waals surface area (Å²) in [4.78, 5) is 15.4. The van der Waals surface area contributed by atoms with Crippen LogP contribution in [0.15, 0.2) is 95.6 Å². The molecule has 0 atom stereocenters. The fraction of sp³-hybridized carbons (Fsp3) is 0.222. The van der Waals surface area contributed by atoms with E-state index in [4.69, 9.17) is 4.42 Å². The molecule has 0 unspecified atom stereocenters. The molecule has 33 heavy (non-hydrogen) atoms. The Morgan fingerprint density at radius 1 is 0.848 bits per heavy atom. The van der Waals surface area contributed by atoms with E-state index in [1.807, 2.05) is 60.7 Å². The van der Waals surface area contributed by atoms with E-state index in [2.05, 4.69) is 44.7 Å². The number of hydrogen-bond donors (Lipinski definition) is 1. The lowest BCUT2D eigenvalue weighted by Gasteiger charge is -2.32. The topological polar surface area (TPSA) is 71.3 Å². The molecule has 166 valence electrons. The molecule has 6 nitrogen and oxygen atoms in total. The zero-order valence-electron chi connectivity index (χ0n) is 18.3. The number of anilines is 1. The monoisotopic (exact) mass is 438 g/mol. The first-order valence-corrected chi connectivity index (χ1v) is 11.3. The van der Waals surface area contributed by atoms with Gasteiger partial charge < -0.3 is 14.6 Å². The van der Waals surface area contributed by atoms with Crippen molar-refractivity contribution in [2.24, 2.45) is 5.92 Å². The maximum absolute atomic E-state index is 13.2. The summed E-state index contributed by atoms with van der Waals surface area (Å²) >= 11 is 0. The molecule has 1 saturated heterocycles. The van der Waals surface area contributed by atoms with Gasteiger partial charge in [-0.2, -0.15) is 0 Å². The van der Waals surface area contributed by atoms with Gasteiger partial charge in [0.15, 0.2) is 11.6 Å². The van der Waals surface area contributed by atoms with Crippen LogP contribution in [0.25, 0.3) is 11.5 Å². The second kappa shape index (κ2) is 9.69. The van der Waals surface area contributed by atoms with Crippen molar-refractivity contribution in [2.75, 3.05) is 18.0 Å². The zero-order valence-corrected chi connectivity index (χ0v) is 18.3. The predicted octanol–water partition coefficient (Wildman–Crippen LogP) is 4.86. The van der Waals surface area contributed by atoms with Gasteiger partial charge >= 0.3 is 0 Å². The van der Waals surface area contributed by atoms with Crippen LogP contribution in [-0.2, 0) is 4.79 Å². The highest BCUT2D eigenvalue weighted by Gasteiger charge is 2.28. The van der Waals surface area contributed by atoms with E-state index in [0.29, 0.717) is 11.5 Å². The number of rotatable bonds is 6.